The van der Waals surface area contributed by atoms with Gasteiger partial charge in [0.1, 0.15) is 0 Å². The van der Waals surface area contributed by atoms with Gasteiger partial charge in [-0.05, 0) is 59.3 Å². The van der Waals surface area contributed by atoms with Crippen LogP contribution in [-0.2, 0) is 12.4 Å². The molecule has 0 N–H and O–H groups in total. The number of hydrogen-bond donors (Lipinski definition) is 0. The Hall–Kier alpha value is -6.30. The average Bonchev–Trinajstić information content (AvgIpc) is 3.11. The van der Waals surface area contributed by atoms with Gasteiger partial charge in [0, 0.05) is 10.8 Å². The first-order chi connectivity index (χ1) is 24.0. The molecule has 3 heterocycles. The molecule has 1 aliphatic heterocycles. The zero-order chi connectivity index (χ0) is 34.4. The number of nitrogens with zero attached hydrogens (tertiary/aromatic N) is 6. The van der Waals surface area contributed by atoms with Crippen LogP contribution in [-0.4, -0.2) is 19.9 Å². The molecule has 50 heavy (non-hydrogen) atoms. The van der Waals surface area contributed by atoms with Gasteiger partial charge < -0.3 is 0 Å². The largest absolute Gasteiger partial charge is 0.416 e. The standard InChI is InChI=1S/C38H20F6N6/c39-37(40,41)23-16-18-28-29(19-23)47-35-34(46-28)50(32-14-6-10-22-8-2-4-12-26(22)32)36-33(45-27-17-15-24(38(42,43)44)20-30(27)48-36)49(35)31-13-5-9-21-7-1-3-11-25(21)31/h1-20H. The van der Waals surface area contributed by atoms with Crippen LogP contribution in [0, 0.1) is 0 Å². The predicted molar refractivity (Wildman–Crippen MR) is 181 cm³/mol. The van der Waals surface area contributed by atoms with E-state index in [1.165, 1.54) is 12.1 Å². The Bertz CT molecular complexity index is 2480. The summed E-state index contributed by atoms with van der Waals surface area (Å²) in [6.07, 6.45) is -9.25. The van der Waals surface area contributed by atoms with Crippen molar-refractivity contribution in [2.75, 3.05) is 9.80 Å². The molecule has 2 aromatic heterocycles. The van der Waals surface area contributed by atoms with E-state index in [0.29, 0.717) is 11.4 Å². The molecule has 0 saturated heterocycles. The first-order valence-corrected chi connectivity index (χ1v) is 15.4. The van der Waals surface area contributed by atoms with E-state index in [4.69, 9.17) is 19.9 Å². The van der Waals surface area contributed by atoms with E-state index < -0.39 is 23.5 Å². The molecule has 12 heteroatoms. The van der Waals surface area contributed by atoms with Crippen molar-refractivity contribution in [1.82, 2.24) is 19.9 Å². The van der Waals surface area contributed by atoms with E-state index >= 15 is 0 Å². The van der Waals surface area contributed by atoms with Crippen molar-refractivity contribution < 1.29 is 26.3 Å². The molecule has 6 aromatic carbocycles. The summed E-state index contributed by atoms with van der Waals surface area (Å²) in [7, 11) is 0. The Kier molecular flexibility index (Phi) is 6.32. The molecule has 8 aromatic rings. The number of halogens is 6. The van der Waals surface area contributed by atoms with Crippen LogP contribution in [0.1, 0.15) is 11.1 Å². The summed E-state index contributed by atoms with van der Waals surface area (Å²) in [6, 6.07) is 32.5. The van der Waals surface area contributed by atoms with Gasteiger partial charge in [-0.25, -0.2) is 19.9 Å². The molecule has 244 valence electrons. The normalized spacial score (nSPS) is 13.3. The summed E-state index contributed by atoms with van der Waals surface area (Å²) in [4.78, 5) is 22.8. The molecule has 0 bridgehead atoms. The van der Waals surface area contributed by atoms with Crippen LogP contribution in [0.4, 0.5) is 61.0 Å². The third-order valence-electron chi connectivity index (χ3n) is 8.77. The van der Waals surface area contributed by atoms with Crippen LogP contribution in [0.3, 0.4) is 0 Å². The topological polar surface area (TPSA) is 58.0 Å². The Morgan fingerprint density at radius 1 is 0.380 bits per heavy atom. The minimum atomic E-state index is -4.62. The van der Waals surface area contributed by atoms with Crippen LogP contribution in [0.5, 0.6) is 0 Å². The third-order valence-corrected chi connectivity index (χ3v) is 8.77. The maximum atomic E-state index is 13.9. The summed E-state index contributed by atoms with van der Waals surface area (Å²) in [5, 5.41) is 3.26. The summed E-state index contributed by atoms with van der Waals surface area (Å²) in [5.74, 6) is 0.729. The van der Waals surface area contributed by atoms with Crippen molar-refractivity contribution in [2.45, 2.75) is 12.4 Å². The van der Waals surface area contributed by atoms with Crippen molar-refractivity contribution in [1.29, 1.82) is 0 Å². The Balaban J connectivity index is 1.43. The van der Waals surface area contributed by atoms with Gasteiger partial charge in [0.25, 0.3) is 0 Å². The summed E-state index contributed by atoms with van der Waals surface area (Å²) >= 11 is 0. The third kappa shape index (κ3) is 4.66. The van der Waals surface area contributed by atoms with Crippen LogP contribution < -0.4 is 9.80 Å². The van der Waals surface area contributed by atoms with Crippen LogP contribution >= 0.6 is 0 Å². The van der Waals surface area contributed by atoms with E-state index in [1.54, 1.807) is 9.80 Å². The highest BCUT2D eigenvalue weighted by atomic mass is 19.4. The zero-order valence-corrected chi connectivity index (χ0v) is 25.5. The van der Waals surface area contributed by atoms with Gasteiger partial charge in [-0.15, -0.1) is 0 Å². The van der Waals surface area contributed by atoms with Gasteiger partial charge >= 0.3 is 12.4 Å². The minimum Gasteiger partial charge on any atom is -0.272 e. The van der Waals surface area contributed by atoms with Gasteiger partial charge in [0.15, 0.2) is 23.3 Å². The summed E-state index contributed by atoms with van der Waals surface area (Å²) in [6.45, 7) is 0. The van der Waals surface area contributed by atoms with Crippen LogP contribution in [0.2, 0.25) is 0 Å². The molecule has 1 aliphatic rings. The summed E-state index contributed by atoms with van der Waals surface area (Å²) < 4.78 is 83.4. The second kappa shape index (κ2) is 10.6. The van der Waals surface area contributed by atoms with Crippen LogP contribution in [0.25, 0.3) is 43.6 Å². The molecule has 0 spiro atoms. The lowest BCUT2D eigenvalue weighted by Gasteiger charge is -2.37. The second-order valence-corrected chi connectivity index (χ2v) is 11.8. The van der Waals surface area contributed by atoms with Crippen molar-refractivity contribution >= 4 is 78.3 Å². The van der Waals surface area contributed by atoms with Crippen molar-refractivity contribution in [3.05, 3.63) is 132 Å². The molecule has 6 nitrogen and oxygen atoms in total. The quantitative estimate of drug-likeness (QED) is 0.170. The van der Waals surface area contributed by atoms with E-state index in [-0.39, 0.29) is 45.3 Å². The smallest absolute Gasteiger partial charge is 0.272 e. The highest BCUT2D eigenvalue weighted by molar-refractivity contribution is 6.08. The lowest BCUT2D eigenvalue weighted by Crippen LogP contribution is -2.28. The molecule has 0 fully saturated rings. The number of rotatable bonds is 2. The molecule has 0 atom stereocenters. The number of hydrogen-bond acceptors (Lipinski definition) is 6. The Morgan fingerprint density at radius 3 is 1.14 bits per heavy atom. The zero-order valence-electron chi connectivity index (χ0n) is 25.5. The van der Waals surface area contributed by atoms with Gasteiger partial charge in [-0.2, -0.15) is 26.3 Å². The molecular weight excluding hydrogens is 654 g/mol. The van der Waals surface area contributed by atoms with E-state index in [2.05, 4.69) is 0 Å². The fourth-order valence-electron chi connectivity index (χ4n) is 6.49. The molecule has 9 rings (SSSR count). The van der Waals surface area contributed by atoms with Gasteiger partial charge in [-0.1, -0.05) is 72.8 Å². The molecule has 0 amide bonds. The minimum absolute atomic E-state index is 0.00583. The maximum Gasteiger partial charge on any atom is 0.416 e. The van der Waals surface area contributed by atoms with E-state index in [9.17, 15) is 26.3 Å². The highest BCUT2D eigenvalue weighted by Crippen LogP contribution is 2.54. The van der Waals surface area contributed by atoms with Gasteiger partial charge in [-0.3, -0.25) is 9.80 Å². The Morgan fingerprint density at radius 2 is 0.740 bits per heavy atom. The number of alkyl halides is 6. The molecule has 0 saturated carbocycles. The number of fused-ring (bicyclic) bond motifs is 6. The van der Waals surface area contributed by atoms with E-state index in [1.807, 2.05) is 84.9 Å². The Labute approximate surface area is 278 Å². The SMILES string of the molecule is FC(F)(F)c1ccc2nc3c(nc2c1)N(c1cccc2ccccc12)c1nc2ccc(C(F)(F)F)cc2nc1N3c1cccc2ccccc12. The number of anilines is 6. The highest BCUT2D eigenvalue weighted by Gasteiger charge is 2.39. The van der Waals surface area contributed by atoms with E-state index in [0.717, 1.165) is 45.8 Å². The summed E-state index contributed by atoms with van der Waals surface area (Å²) in [5.41, 5.74) is -0.280. The molecule has 0 aliphatic carbocycles. The first-order valence-electron chi connectivity index (χ1n) is 15.4. The molecule has 0 unspecified atom stereocenters. The first kappa shape index (κ1) is 29.8. The fourth-order valence-corrected chi connectivity index (χ4v) is 6.49. The fraction of sp³-hybridized carbons (Fsp3) is 0.0526. The van der Waals surface area contributed by atoms with Gasteiger partial charge in [0.05, 0.1) is 44.6 Å². The van der Waals surface area contributed by atoms with Crippen molar-refractivity contribution in [3.63, 3.8) is 0 Å². The van der Waals surface area contributed by atoms with Crippen molar-refractivity contribution in [2.24, 2.45) is 0 Å². The van der Waals surface area contributed by atoms with Crippen molar-refractivity contribution in [3.8, 4) is 0 Å². The average molecular weight is 675 g/mol. The molecular formula is C38H20F6N6. The lowest BCUT2D eigenvalue weighted by molar-refractivity contribution is -0.138. The maximum absolute atomic E-state index is 13.9. The molecule has 0 radical (unpaired) electrons. The predicted octanol–water partition coefficient (Wildman–Crippen LogP) is 11.2. The monoisotopic (exact) mass is 674 g/mol. The lowest BCUT2D eigenvalue weighted by atomic mass is 10.1. The van der Waals surface area contributed by atoms with Crippen LogP contribution in [0.15, 0.2) is 121 Å². The number of benzene rings is 6. The second-order valence-electron chi connectivity index (χ2n) is 11.8. The van der Waals surface area contributed by atoms with Gasteiger partial charge in [0.2, 0.25) is 0 Å². The number of aromatic nitrogens is 4.